The van der Waals surface area contributed by atoms with Crippen molar-refractivity contribution >= 4 is 18.6 Å². The normalized spacial score (nSPS) is 14.5. The Kier molecular flexibility index (Phi) is 4.03. The maximum absolute atomic E-state index is 12.1. The number of hydrogen-bond acceptors (Lipinski definition) is 4. The van der Waals surface area contributed by atoms with Crippen molar-refractivity contribution in [2.75, 3.05) is 6.16 Å². The number of aliphatic carboxylic acids is 1. The topological polar surface area (TPSA) is 89.6 Å². The minimum absolute atomic E-state index is 0.0944. The van der Waals surface area contributed by atoms with Crippen LogP contribution in [0.15, 0.2) is 30.3 Å². The highest BCUT2D eigenvalue weighted by atomic mass is 31.2. The third-order valence-electron chi connectivity index (χ3n) is 1.94. The number of rotatable bonds is 5. The van der Waals surface area contributed by atoms with Crippen molar-refractivity contribution in [2.24, 2.45) is 5.90 Å². The molecule has 1 aromatic rings. The largest absolute Gasteiger partial charge is 0.481 e. The molecule has 0 aliphatic carbocycles. The number of carboxylic acids is 1. The summed E-state index contributed by atoms with van der Waals surface area (Å²) in [7, 11) is -3.21. The molecule has 5 nitrogen and oxygen atoms in total. The smallest absolute Gasteiger partial charge is 0.303 e. The van der Waals surface area contributed by atoms with Gasteiger partial charge in [-0.25, -0.2) is 10.5 Å². The molecule has 0 radical (unpaired) electrons. The average Bonchev–Trinajstić information content (AvgIpc) is 2.27. The summed E-state index contributed by atoms with van der Waals surface area (Å²) in [6.07, 6.45) is -0.327. The first-order chi connectivity index (χ1) is 7.08. The standard InChI is InChI=1S/C9H12NO4P/c10-14-15(13,7-6-9(11)12)8-4-2-1-3-5-8/h1-5H,6-7,10H2,(H,11,12). The van der Waals surface area contributed by atoms with Gasteiger partial charge in [-0.15, -0.1) is 0 Å². The van der Waals surface area contributed by atoms with Gasteiger partial charge in [-0.2, -0.15) is 0 Å². The molecular weight excluding hydrogens is 217 g/mol. The quantitative estimate of drug-likeness (QED) is 0.579. The molecule has 15 heavy (non-hydrogen) atoms. The second kappa shape index (κ2) is 5.07. The zero-order valence-electron chi connectivity index (χ0n) is 8.00. The Bertz CT molecular complexity index is 379. The molecule has 1 rings (SSSR count). The molecule has 0 fully saturated rings. The molecule has 3 N–H and O–H groups in total. The fraction of sp³-hybridized carbons (Fsp3) is 0.222. The van der Waals surface area contributed by atoms with Crippen molar-refractivity contribution in [1.82, 2.24) is 0 Å². The number of hydrogen-bond donors (Lipinski definition) is 2. The highest BCUT2D eigenvalue weighted by Gasteiger charge is 2.25. The van der Waals surface area contributed by atoms with E-state index in [1.807, 2.05) is 0 Å². The van der Waals surface area contributed by atoms with Crippen molar-refractivity contribution in [3.63, 3.8) is 0 Å². The molecule has 0 bridgehead atoms. The molecule has 0 aromatic heterocycles. The lowest BCUT2D eigenvalue weighted by atomic mass is 10.4. The highest BCUT2D eigenvalue weighted by Crippen LogP contribution is 2.44. The minimum Gasteiger partial charge on any atom is -0.481 e. The van der Waals surface area contributed by atoms with E-state index < -0.39 is 13.3 Å². The van der Waals surface area contributed by atoms with Crippen molar-refractivity contribution in [2.45, 2.75) is 6.42 Å². The third-order valence-corrected chi connectivity index (χ3v) is 4.18. The number of nitrogens with two attached hydrogens (primary N) is 1. The molecule has 6 heteroatoms. The molecule has 0 aliphatic heterocycles. The maximum Gasteiger partial charge on any atom is 0.303 e. The van der Waals surface area contributed by atoms with Crippen LogP contribution in [0.2, 0.25) is 0 Å². The Labute approximate surface area is 87.3 Å². The lowest BCUT2D eigenvalue weighted by molar-refractivity contribution is -0.136. The van der Waals surface area contributed by atoms with E-state index in [0.29, 0.717) is 5.30 Å². The van der Waals surface area contributed by atoms with Gasteiger partial charge in [0.1, 0.15) is 0 Å². The Balaban J connectivity index is 2.86. The monoisotopic (exact) mass is 229 g/mol. The van der Waals surface area contributed by atoms with E-state index in [0.717, 1.165) is 0 Å². The van der Waals surface area contributed by atoms with Gasteiger partial charge in [0.05, 0.1) is 6.42 Å². The number of carboxylic acid groups (broad SMARTS) is 1. The van der Waals surface area contributed by atoms with Crippen molar-refractivity contribution in [3.05, 3.63) is 30.3 Å². The van der Waals surface area contributed by atoms with E-state index in [1.54, 1.807) is 30.3 Å². The minimum atomic E-state index is -3.21. The summed E-state index contributed by atoms with van der Waals surface area (Å²) in [5, 5.41) is 8.94. The van der Waals surface area contributed by atoms with Gasteiger partial charge in [-0.1, -0.05) is 18.2 Å². The van der Waals surface area contributed by atoms with Gasteiger partial charge in [0, 0.05) is 11.5 Å². The summed E-state index contributed by atoms with van der Waals surface area (Å²) < 4.78 is 16.5. The molecule has 0 saturated heterocycles. The van der Waals surface area contributed by atoms with Crippen LogP contribution in [-0.4, -0.2) is 17.2 Å². The molecule has 82 valence electrons. The summed E-state index contributed by atoms with van der Waals surface area (Å²) in [6, 6.07) is 8.37. The van der Waals surface area contributed by atoms with Crippen molar-refractivity contribution in [3.8, 4) is 0 Å². The Hall–Kier alpha value is -1.16. The van der Waals surface area contributed by atoms with E-state index in [2.05, 4.69) is 4.62 Å². The molecule has 0 aliphatic rings. The van der Waals surface area contributed by atoms with Gasteiger partial charge in [0.15, 0.2) is 0 Å². The van der Waals surface area contributed by atoms with Crippen molar-refractivity contribution in [1.29, 1.82) is 0 Å². The third kappa shape index (κ3) is 3.16. The molecule has 0 spiro atoms. The van der Waals surface area contributed by atoms with E-state index >= 15 is 0 Å². The molecule has 1 aromatic carbocycles. The Morgan fingerprint density at radius 3 is 2.47 bits per heavy atom. The van der Waals surface area contributed by atoms with Crippen LogP contribution in [-0.2, 0) is 14.0 Å². The van der Waals surface area contributed by atoms with Gasteiger partial charge >= 0.3 is 5.97 Å². The van der Waals surface area contributed by atoms with Crippen LogP contribution in [0, 0.1) is 0 Å². The molecule has 0 amide bonds. The number of benzene rings is 1. The summed E-state index contributed by atoms with van der Waals surface area (Å²) in [4.78, 5) is 10.4. The van der Waals surface area contributed by atoms with E-state index in [1.165, 1.54) is 0 Å². The van der Waals surface area contributed by atoms with E-state index in [9.17, 15) is 9.36 Å². The fourth-order valence-corrected chi connectivity index (χ4v) is 2.74. The predicted octanol–water partition coefficient (Wildman–Crippen LogP) is 0.955. The van der Waals surface area contributed by atoms with E-state index in [-0.39, 0.29) is 12.6 Å². The predicted molar refractivity (Wildman–Crippen MR) is 56.1 cm³/mol. The second-order valence-electron chi connectivity index (χ2n) is 2.98. The van der Waals surface area contributed by atoms with Crippen LogP contribution in [0.4, 0.5) is 0 Å². The summed E-state index contributed by atoms with van der Waals surface area (Å²) in [5.41, 5.74) is 0. The molecular formula is C9H12NO4P. The first-order valence-electron chi connectivity index (χ1n) is 4.33. The Morgan fingerprint density at radius 2 is 2.00 bits per heavy atom. The number of carbonyl (C=O) groups is 1. The second-order valence-corrected chi connectivity index (χ2v) is 5.50. The summed E-state index contributed by atoms with van der Waals surface area (Å²) in [6.45, 7) is 0. The van der Waals surface area contributed by atoms with Crippen LogP contribution < -0.4 is 11.2 Å². The van der Waals surface area contributed by atoms with Crippen LogP contribution in [0.3, 0.4) is 0 Å². The zero-order valence-corrected chi connectivity index (χ0v) is 8.89. The zero-order chi connectivity index (χ0) is 11.3. The van der Waals surface area contributed by atoms with Crippen molar-refractivity contribution < 1.29 is 19.1 Å². The first kappa shape index (κ1) is 11.9. The van der Waals surface area contributed by atoms with Crippen LogP contribution in [0.1, 0.15) is 6.42 Å². The van der Waals surface area contributed by atoms with Gasteiger partial charge in [0.25, 0.3) is 0 Å². The van der Waals surface area contributed by atoms with Gasteiger partial charge in [-0.05, 0) is 12.1 Å². The van der Waals surface area contributed by atoms with Crippen LogP contribution >= 0.6 is 7.37 Å². The SMILES string of the molecule is NOP(=O)(CCC(=O)O)c1ccccc1. The lowest BCUT2D eigenvalue weighted by Gasteiger charge is -2.14. The molecule has 0 saturated carbocycles. The molecule has 1 atom stereocenters. The Morgan fingerprint density at radius 1 is 1.40 bits per heavy atom. The first-order valence-corrected chi connectivity index (χ1v) is 6.14. The average molecular weight is 229 g/mol. The van der Waals surface area contributed by atoms with Crippen LogP contribution in [0.25, 0.3) is 0 Å². The summed E-state index contributed by atoms with van der Waals surface area (Å²) >= 11 is 0. The van der Waals surface area contributed by atoms with Gasteiger partial charge in [0.2, 0.25) is 7.37 Å². The lowest BCUT2D eigenvalue weighted by Crippen LogP contribution is -2.15. The highest BCUT2D eigenvalue weighted by molar-refractivity contribution is 7.66. The summed E-state index contributed by atoms with van der Waals surface area (Å²) in [5.74, 6) is 3.94. The van der Waals surface area contributed by atoms with Gasteiger partial charge < -0.3 is 5.11 Å². The molecule has 0 heterocycles. The van der Waals surface area contributed by atoms with Gasteiger partial charge in [-0.3, -0.25) is 9.36 Å². The molecule has 1 unspecified atom stereocenters. The van der Waals surface area contributed by atoms with E-state index in [4.69, 9.17) is 11.0 Å². The fourth-order valence-electron chi connectivity index (χ4n) is 1.14. The maximum atomic E-state index is 12.1. The van der Waals surface area contributed by atoms with Crippen LogP contribution in [0.5, 0.6) is 0 Å².